The van der Waals surface area contributed by atoms with Gasteiger partial charge in [0.1, 0.15) is 0 Å². The van der Waals surface area contributed by atoms with E-state index in [1.54, 1.807) is 18.2 Å². The van der Waals surface area contributed by atoms with Crippen molar-refractivity contribution in [1.29, 1.82) is 0 Å². The SMILES string of the molecule is COc1cc(/C=N/NC(=O)c2cc(-c3ccccc3)nc3ccccc23)cc(Cl)c1OC. The fourth-order valence-electron chi connectivity index (χ4n) is 3.36. The van der Waals surface area contributed by atoms with Crippen LogP contribution < -0.4 is 14.9 Å². The predicted molar refractivity (Wildman–Crippen MR) is 127 cm³/mol. The highest BCUT2D eigenvalue weighted by molar-refractivity contribution is 6.32. The Morgan fingerprint density at radius 1 is 1.00 bits per heavy atom. The molecule has 0 bridgehead atoms. The zero-order valence-corrected chi connectivity index (χ0v) is 18.3. The van der Waals surface area contributed by atoms with Gasteiger partial charge in [-0.1, -0.05) is 60.1 Å². The Balaban J connectivity index is 1.64. The Labute approximate surface area is 190 Å². The first kappa shape index (κ1) is 21.3. The Morgan fingerprint density at radius 2 is 1.75 bits per heavy atom. The van der Waals surface area contributed by atoms with Crippen LogP contribution in [0.15, 0.2) is 77.9 Å². The molecule has 0 radical (unpaired) electrons. The van der Waals surface area contributed by atoms with Gasteiger partial charge in [0.15, 0.2) is 11.5 Å². The maximum atomic E-state index is 13.0. The van der Waals surface area contributed by atoms with Crippen molar-refractivity contribution in [1.82, 2.24) is 10.4 Å². The maximum Gasteiger partial charge on any atom is 0.272 e. The molecule has 1 heterocycles. The second-order valence-electron chi connectivity index (χ2n) is 6.88. The third kappa shape index (κ3) is 4.40. The minimum absolute atomic E-state index is 0.344. The zero-order chi connectivity index (χ0) is 22.5. The van der Waals surface area contributed by atoms with Gasteiger partial charge in [-0.3, -0.25) is 4.79 Å². The molecule has 0 saturated carbocycles. The number of benzene rings is 3. The lowest BCUT2D eigenvalue weighted by Gasteiger charge is -2.10. The van der Waals surface area contributed by atoms with Gasteiger partial charge < -0.3 is 9.47 Å². The number of carbonyl (C=O) groups excluding carboxylic acids is 1. The Kier molecular flexibility index (Phi) is 6.33. The Morgan fingerprint density at radius 3 is 2.50 bits per heavy atom. The van der Waals surface area contributed by atoms with Gasteiger partial charge in [-0.2, -0.15) is 5.10 Å². The number of aromatic nitrogens is 1. The molecule has 7 heteroatoms. The van der Waals surface area contributed by atoms with Crippen molar-refractivity contribution in [3.63, 3.8) is 0 Å². The summed E-state index contributed by atoms with van der Waals surface area (Å²) in [7, 11) is 3.04. The zero-order valence-electron chi connectivity index (χ0n) is 17.5. The Bertz CT molecular complexity index is 1310. The molecule has 0 unspecified atom stereocenters. The number of methoxy groups -OCH3 is 2. The van der Waals surface area contributed by atoms with Gasteiger partial charge in [-0.25, -0.2) is 10.4 Å². The molecule has 4 rings (SSSR count). The van der Waals surface area contributed by atoms with Gasteiger partial charge in [-0.05, 0) is 29.8 Å². The van der Waals surface area contributed by atoms with Crippen LogP contribution in [0.2, 0.25) is 5.02 Å². The number of pyridine rings is 1. The highest BCUT2D eigenvalue weighted by Gasteiger charge is 2.14. The van der Waals surface area contributed by atoms with E-state index in [1.807, 2.05) is 54.6 Å². The van der Waals surface area contributed by atoms with E-state index < -0.39 is 0 Å². The molecule has 1 amide bonds. The molecular weight excluding hydrogens is 426 g/mol. The van der Waals surface area contributed by atoms with Gasteiger partial charge in [0.25, 0.3) is 5.91 Å². The molecule has 3 aromatic carbocycles. The first-order chi connectivity index (χ1) is 15.6. The standard InChI is InChI=1S/C25H20ClN3O3/c1-31-23-13-16(12-20(26)24(23)32-2)15-27-29-25(30)19-14-22(17-8-4-3-5-9-17)28-21-11-7-6-10-18(19)21/h3-15H,1-2H3,(H,29,30)/b27-15+. The van der Waals surface area contributed by atoms with Crippen molar-refractivity contribution in [2.75, 3.05) is 14.2 Å². The number of fused-ring (bicyclic) bond motifs is 1. The number of nitrogens with zero attached hydrogens (tertiary/aromatic N) is 2. The van der Waals surface area contributed by atoms with Crippen LogP contribution in [0.25, 0.3) is 22.2 Å². The predicted octanol–water partition coefficient (Wildman–Crippen LogP) is 5.34. The number of halogens is 1. The van der Waals surface area contributed by atoms with E-state index in [0.717, 1.165) is 16.5 Å². The third-order valence-electron chi connectivity index (χ3n) is 4.87. The second kappa shape index (κ2) is 9.49. The molecule has 0 spiro atoms. The van der Waals surface area contributed by atoms with Crippen LogP contribution in [0.5, 0.6) is 11.5 Å². The number of hydrogen-bond acceptors (Lipinski definition) is 5. The molecule has 160 valence electrons. The van der Waals surface area contributed by atoms with Crippen LogP contribution >= 0.6 is 11.6 Å². The largest absolute Gasteiger partial charge is 0.493 e. The average molecular weight is 446 g/mol. The molecule has 0 aliphatic carbocycles. The molecule has 4 aromatic rings. The van der Waals surface area contributed by atoms with E-state index >= 15 is 0 Å². The van der Waals surface area contributed by atoms with Crippen molar-refractivity contribution in [2.24, 2.45) is 5.10 Å². The molecule has 0 fully saturated rings. The molecule has 0 atom stereocenters. The molecule has 1 aromatic heterocycles. The number of para-hydroxylation sites is 1. The first-order valence-corrected chi connectivity index (χ1v) is 10.2. The van der Waals surface area contributed by atoms with E-state index in [9.17, 15) is 4.79 Å². The van der Waals surface area contributed by atoms with Crippen molar-refractivity contribution < 1.29 is 14.3 Å². The summed E-state index contributed by atoms with van der Waals surface area (Å²) < 4.78 is 10.5. The summed E-state index contributed by atoms with van der Waals surface area (Å²) in [6, 6.07) is 22.4. The monoisotopic (exact) mass is 445 g/mol. The molecule has 0 aliphatic rings. The second-order valence-corrected chi connectivity index (χ2v) is 7.28. The summed E-state index contributed by atoms with van der Waals surface area (Å²) in [5.41, 5.74) is 6.10. The van der Waals surface area contributed by atoms with Crippen molar-refractivity contribution in [3.8, 4) is 22.8 Å². The van der Waals surface area contributed by atoms with Crippen LogP contribution in [0.3, 0.4) is 0 Å². The number of carbonyl (C=O) groups is 1. The smallest absolute Gasteiger partial charge is 0.272 e. The highest BCUT2D eigenvalue weighted by Crippen LogP contribution is 2.35. The fraction of sp³-hybridized carbons (Fsp3) is 0.0800. The topological polar surface area (TPSA) is 72.8 Å². The lowest BCUT2D eigenvalue weighted by Crippen LogP contribution is -2.18. The minimum Gasteiger partial charge on any atom is -0.493 e. The summed E-state index contributed by atoms with van der Waals surface area (Å²) in [6.07, 6.45) is 1.49. The Hall–Kier alpha value is -3.90. The first-order valence-electron chi connectivity index (χ1n) is 9.81. The summed E-state index contributed by atoms with van der Waals surface area (Å²) in [6.45, 7) is 0. The van der Waals surface area contributed by atoms with E-state index in [1.165, 1.54) is 20.4 Å². The van der Waals surface area contributed by atoms with Gasteiger partial charge in [0.05, 0.1) is 42.2 Å². The molecule has 6 nitrogen and oxygen atoms in total. The normalized spacial score (nSPS) is 11.0. The van der Waals surface area contributed by atoms with Crippen molar-refractivity contribution in [2.45, 2.75) is 0 Å². The van der Waals surface area contributed by atoms with E-state index in [-0.39, 0.29) is 5.91 Å². The van der Waals surface area contributed by atoms with Crippen molar-refractivity contribution in [3.05, 3.63) is 88.9 Å². The number of ether oxygens (including phenoxy) is 2. The molecule has 0 saturated heterocycles. The number of nitrogens with one attached hydrogen (secondary N) is 1. The molecular formula is C25H20ClN3O3. The molecule has 0 aliphatic heterocycles. The minimum atomic E-state index is -0.344. The van der Waals surface area contributed by atoms with E-state index in [2.05, 4.69) is 10.5 Å². The maximum absolute atomic E-state index is 13.0. The summed E-state index contributed by atoms with van der Waals surface area (Å²) in [4.78, 5) is 17.7. The van der Waals surface area contributed by atoms with Crippen molar-refractivity contribution >= 4 is 34.6 Å². The lowest BCUT2D eigenvalue weighted by molar-refractivity contribution is 0.0956. The number of rotatable bonds is 6. The fourth-order valence-corrected chi connectivity index (χ4v) is 3.65. The third-order valence-corrected chi connectivity index (χ3v) is 5.15. The number of amides is 1. The van der Waals surface area contributed by atoms with Gasteiger partial charge in [0.2, 0.25) is 0 Å². The van der Waals surface area contributed by atoms with E-state index in [0.29, 0.717) is 33.3 Å². The van der Waals surface area contributed by atoms with Gasteiger partial charge in [-0.15, -0.1) is 0 Å². The van der Waals surface area contributed by atoms with Crippen LogP contribution in [0.1, 0.15) is 15.9 Å². The number of hydrogen-bond donors (Lipinski definition) is 1. The number of hydrazone groups is 1. The highest BCUT2D eigenvalue weighted by atomic mass is 35.5. The van der Waals surface area contributed by atoms with Gasteiger partial charge in [0, 0.05) is 10.9 Å². The molecule has 1 N–H and O–H groups in total. The van der Waals surface area contributed by atoms with Crippen LogP contribution in [0, 0.1) is 0 Å². The van der Waals surface area contributed by atoms with Gasteiger partial charge >= 0.3 is 0 Å². The van der Waals surface area contributed by atoms with Crippen LogP contribution in [-0.4, -0.2) is 31.3 Å². The van der Waals surface area contributed by atoms with Crippen LogP contribution in [0.4, 0.5) is 0 Å². The summed E-state index contributed by atoms with van der Waals surface area (Å²) in [5.74, 6) is 0.566. The molecule has 32 heavy (non-hydrogen) atoms. The van der Waals surface area contributed by atoms with Crippen LogP contribution in [-0.2, 0) is 0 Å². The quantitative estimate of drug-likeness (QED) is 0.321. The summed E-state index contributed by atoms with van der Waals surface area (Å²) >= 11 is 6.23. The van der Waals surface area contributed by atoms with E-state index in [4.69, 9.17) is 26.1 Å². The average Bonchev–Trinajstić information content (AvgIpc) is 2.83. The lowest BCUT2D eigenvalue weighted by atomic mass is 10.0. The summed E-state index contributed by atoms with van der Waals surface area (Å²) in [5, 5.41) is 5.23.